The van der Waals surface area contributed by atoms with Gasteiger partial charge in [-0.05, 0) is 76.2 Å². The van der Waals surface area contributed by atoms with E-state index in [1.54, 1.807) is 35.5 Å². The number of benzene rings is 1. The zero-order valence-corrected chi connectivity index (χ0v) is 26.0. The fraction of sp³-hybridized carbons (Fsp3) is 0.643. The number of nitrogens with one attached hydrogen (secondary N) is 1. The predicted octanol–water partition coefficient (Wildman–Crippen LogP) is 5.94. The molecule has 0 bridgehead atoms. The van der Waals surface area contributed by atoms with Crippen LogP contribution in [0.2, 0.25) is 18.1 Å². The summed E-state index contributed by atoms with van der Waals surface area (Å²) in [7, 11) is -5.74. The first-order valence-electron chi connectivity index (χ1n) is 13.5. The van der Waals surface area contributed by atoms with Gasteiger partial charge in [0.05, 0.1) is 4.90 Å². The standard InChI is InChI=1S/C28H45N3O5SSi/c1-27(2,3)36-26(32)31(17-10-18-35-38(7,8)28(4,5)6)20-24(21-13-14-21)30-37(33,34)25-12-9-11-22-19-29-16-15-23(22)25/h9,11-12,15-16,19,21,24,30H,10,13-14,17-18,20H2,1-8H3. The Kier molecular flexibility index (Phi) is 9.33. The third kappa shape index (κ3) is 8.24. The quantitative estimate of drug-likeness (QED) is 0.268. The van der Waals surface area contributed by atoms with Crippen molar-refractivity contribution in [1.82, 2.24) is 14.6 Å². The van der Waals surface area contributed by atoms with Crippen LogP contribution >= 0.6 is 0 Å². The fourth-order valence-electron chi connectivity index (χ4n) is 3.99. The molecular weight excluding hydrogens is 518 g/mol. The zero-order valence-electron chi connectivity index (χ0n) is 24.2. The SMILES string of the molecule is CC(C)(C)OC(=O)N(CCCO[Si](C)(C)C(C)(C)C)CC(NS(=O)(=O)c1cccc2cnccc12)C1CC1. The maximum atomic E-state index is 13.6. The van der Waals surface area contributed by atoms with Crippen molar-refractivity contribution in [3.8, 4) is 0 Å². The number of hydrogen-bond acceptors (Lipinski definition) is 6. The van der Waals surface area contributed by atoms with Crippen LogP contribution in [0.3, 0.4) is 0 Å². The molecule has 8 nitrogen and oxygen atoms in total. The molecule has 1 aromatic heterocycles. The first-order chi connectivity index (χ1) is 17.5. The van der Waals surface area contributed by atoms with Gasteiger partial charge in [0.15, 0.2) is 8.32 Å². The van der Waals surface area contributed by atoms with Gasteiger partial charge in [0.2, 0.25) is 10.0 Å². The Morgan fingerprint density at radius 3 is 2.45 bits per heavy atom. The van der Waals surface area contributed by atoms with E-state index in [0.29, 0.717) is 25.0 Å². The summed E-state index contributed by atoms with van der Waals surface area (Å²) in [4.78, 5) is 19.1. The molecule has 1 aliphatic rings. The number of aromatic nitrogens is 1. The number of pyridine rings is 1. The third-order valence-corrected chi connectivity index (χ3v) is 13.4. The maximum Gasteiger partial charge on any atom is 0.410 e. The summed E-state index contributed by atoms with van der Waals surface area (Å²) < 4.78 is 42.0. The highest BCUT2D eigenvalue weighted by Gasteiger charge is 2.39. The van der Waals surface area contributed by atoms with Crippen LogP contribution in [-0.2, 0) is 19.2 Å². The largest absolute Gasteiger partial charge is 0.444 e. The minimum Gasteiger partial charge on any atom is -0.444 e. The highest BCUT2D eigenvalue weighted by molar-refractivity contribution is 7.89. The Morgan fingerprint density at radius 1 is 1.16 bits per heavy atom. The first-order valence-corrected chi connectivity index (χ1v) is 17.9. The van der Waals surface area contributed by atoms with Crippen molar-refractivity contribution in [1.29, 1.82) is 0 Å². The van der Waals surface area contributed by atoms with Gasteiger partial charge in [0.25, 0.3) is 0 Å². The van der Waals surface area contributed by atoms with Gasteiger partial charge in [-0.1, -0.05) is 32.9 Å². The minimum atomic E-state index is -3.83. The van der Waals surface area contributed by atoms with Crippen molar-refractivity contribution in [2.24, 2.45) is 5.92 Å². The second kappa shape index (κ2) is 11.6. The molecule has 1 aromatic carbocycles. The Bertz CT molecular complexity index is 1210. The van der Waals surface area contributed by atoms with Crippen LogP contribution in [0, 0.1) is 5.92 Å². The summed E-state index contributed by atoms with van der Waals surface area (Å²) >= 11 is 0. The van der Waals surface area contributed by atoms with E-state index in [-0.39, 0.29) is 22.4 Å². The topological polar surface area (TPSA) is 97.8 Å². The Morgan fingerprint density at radius 2 is 1.84 bits per heavy atom. The van der Waals surface area contributed by atoms with Crippen molar-refractivity contribution in [3.63, 3.8) is 0 Å². The molecule has 0 spiro atoms. The normalized spacial score (nSPS) is 15.9. The van der Waals surface area contributed by atoms with Gasteiger partial charge in [-0.3, -0.25) is 4.98 Å². The van der Waals surface area contributed by atoms with E-state index in [9.17, 15) is 13.2 Å². The number of amides is 1. The third-order valence-electron chi connectivity index (χ3n) is 7.34. The summed E-state index contributed by atoms with van der Waals surface area (Å²) in [6.07, 6.45) is 5.29. The number of rotatable bonds is 11. The average Bonchev–Trinajstić information content (AvgIpc) is 3.63. The van der Waals surface area contributed by atoms with Crippen LogP contribution in [0.4, 0.5) is 4.79 Å². The maximum absolute atomic E-state index is 13.6. The molecule has 0 saturated heterocycles. The van der Waals surface area contributed by atoms with Crippen molar-refractivity contribution < 1.29 is 22.4 Å². The van der Waals surface area contributed by atoms with Gasteiger partial charge in [-0.2, -0.15) is 0 Å². The second-order valence-electron chi connectivity index (χ2n) is 12.8. The molecule has 1 atom stereocenters. The van der Waals surface area contributed by atoms with Crippen LogP contribution in [0.1, 0.15) is 60.8 Å². The van der Waals surface area contributed by atoms with Crippen molar-refractivity contribution in [3.05, 3.63) is 36.7 Å². The number of nitrogens with zero attached hydrogens (tertiary/aromatic N) is 2. The Labute approximate surface area is 229 Å². The molecule has 1 fully saturated rings. The highest BCUT2D eigenvalue weighted by Crippen LogP contribution is 2.37. The van der Waals surface area contributed by atoms with Gasteiger partial charge < -0.3 is 14.1 Å². The lowest BCUT2D eigenvalue weighted by atomic mass is 10.2. The number of hydrogen-bond donors (Lipinski definition) is 1. The molecule has 1 N–H and O–H groups in total. The number of carbonyl (C=O) groups excluding carboxylic acids is 1. The van der Waals surface area contributed by atoms with E-state index in [0.717, 1.165) is 18.2 Å². The number of ether oxygens (including phenoxy) is 1. The molecule has 10 heteroatoms. The summed E-state index contributed by atoms with van der Waals surface area (Å²) in [5.74, 6) is 0.176. The number of fused-ring (bicyclic) bond motifs is 1. The molecular formula is C28H45N3O5SSi. The Balaban J connectivity index is 1.76. The molecule has 0 aliphatic heterocycles. The molecule has 1 aliphatic carbocycles. The zero-order chi connectivity index (χ0) is 28.4. The molecule has 1 heterocycles. The van der Waals surface area contributed by atoms with Gasteiger partial charge in [0, 0.05) is 48.9 Å². The van der Waals surface area contributed by atoms with Gasteiger partial charge in [-0.25, -0.2) is 17.9 Å². The van der Waals surface area contributed by atoms with Crippen LogP contribution in [0.15, 0.2) is 41.6 Å². The van der Waals surface area contributed by atoms with Crippen LogP contribution in [0.25, 0.3) is 10.8 Å². The van der Waals surface area contributed by atoms with Crippen LogP contribution < -0.4 is 4.72 Å². The monoisotopic (exact) mass is 563 g/mol. The lowest BCUT2D eigenvalue weighted by molar-refractivity contribution is 0.0222. The minimum absolute atomic E-state index is 0.102. The summed E-state index contributed by atoms with van der Waals surface area (Å²) in [6, 6.07) is 6.48. The highest BCUT2D eigenvalue weighted by atomic mass is 32.2. The molecule has 212 valence electrons. The van der Waals surface area contributed by atoms with Gasteiger partial charge in [-0.15, -0.1) is 0 Å². The second-order valence-corrected chi connectivity index (χ2v) is 19.3. The van der Waals surface area contributed by atoms with E-state index < -0.39 is 36.1 Å². The Hall–Kier alpha value is -2.01. The summed E-state index contributed by atoms with van der Waals surface area (Å²) in [5, 5.41) is 1.48. The van der Waals surface area contributed by atoms with E-state index in [2.05, 4.69) is 43.6 Å². The van der Waals surface area contributed by atoms with E-state index in [1.807, 2.05) is 26.8 Å². The average molecular weight is 564 g/mol. The van der Waals surface area contributed by atoms with Crippen molar-refractivity contribution >= 4 is 35.2 Å². The summed E-state index contributed by atoms with van der Waals surface area (Å²) in [5.41, 5.74) is -0.654. The molecule has 2 aromatic rings. The van der Waals surface area contributed by atoms with E-state index in [1.165, 1.54) is 0 Å². The molecule has 3 rings (SSSR count). The molecule has 0 radical (unpaired) electrons. The molecule has 38 heavy (non-hydrogen) atoms. The van der Waals surface area contributed by atoms with Gasteiger partial charge in [0.1, 0.15) is 5.60 Å². The lowest BCUT2D eigenvalue weighted by Crippen LogP contribution is -2.48. The first kappa shape index (κ1) is 30.5. The number of sulfonamides is 1. The molecule has 1 saturated carbocycles. The predicted molar refractivity (Wildman–Crippen MR) is 154 cm³/mol. The summed E-state index contributed by atoms with van der Waals surface area (Å²) in [6.45, 7) is 17.7. The van der Waals surface area contributed by atoms with Crippen molar-refractivity contribution in [2.75, 3.05) is 19.7 Å². The van der Waals surface area contributed by atoms with Gasteiger partial charge >= 0.3 is 6.09 Å². The lowest BCUT2D eigenvalue weighted by Gasteiger charge is -2.36. The van der Waals surface area contributed by atoms with E-state index in [4.69, 9.17) is 9.16 Å². The van der Waals surface area contributed by atoms with E-state index >= 15 is 0 Å². The fourth-order valence-corrected chi connectivity index (χ4v) is 6.60. The molecule has 1 unspecified atom stereocenters. The van der Waals surface area contributed by atoms with Crippen molar-refractivity contribution in [2.45, 2.75) is 95.5 Å². The van der Waals surface area contributed by atoms with Crippen LogP contribution in [0.5, 0.6) is 0 Å². The van der Waals surface area contributed by atoms with Crippen LogP contribution in [-0.4, -0.2) is 64.1 Å². The number of carbonyl (C=O) groups is 1. The molecule has 1 amide bonds. The smallest absolute Gasteiger partial charge is 0.410 e.